The maximum Gasteiger partial charge on any atom is 0.573 e. The molecule has 2 aromatic rings. The van der Waals surface area contributed by atoms with Gasteiger partial charge in [0.25, 0.3) is 0 Å². The summed E-state index contributed by atoms with van der Waals surface area (Å²) in [6, 6.07) is 7.78. The highest BCUT2D eigenvalue weighted by Crippen LogP contribution is 2.38. The summed E-state index contributed by atoms with van der Waals surface area (Å²) in [5.74, 6) is -2.16. The predicted octanol–water partition coefficient (Wildman–Crippen LogP) is 7.26. The first-order valence-electron chi connectivity index (χ1n) is 10.1. The van der Waals surface area contributed by atoms with Crippen molar-refractivity contribution in [3.63, 3.8) is 0 Å². The molecule has 6 heteroatoms. The molecule has 3 rings (SSSR count). The summed E-state index contributed by atoms with van der Waals surface area (Å²) >= 11 is 0. The fraction of sp³-hybridized carbons (Fsp3) is 0.478. The monoisotopic (exact) mass is 412 g/mol. The summed E-state index contributed by atoms with van der Waals surface area (Å²) in [6.45, 7) is 2.15. The number of fused-ring (bicyclic) bond motifs is 1. The van der Waals surface area contributed by atoms with Gasteiger partial charge in [-0.15, -0.1) is 13.2 Å². The van der Waals surface area contributed by atoms with E-state index in [9.17, 15) is 22.0 Å². The first-order valence-corrected chi connectivity index (χ1v) is 10.1. The highest BCUT2D eigenvalue weighted by atomic mass is 19.4. The molecule has 0 saturated carbocycles. The minimum absolute atomic E-state index is 0.120. The predicted molar refractivity (Wildman–Crippen MR) is 102 cm³/mol. The second-order valence-electron chi connectivity index (χ2n) is 7.67. The van der Waals surface area contributed by atoms with Gasteiger partial charge >= 0.3 is 6.36 Å². The van der Waals surface area contributed by atoms with Crippen molar-refractivity contribution in [1.82, 2.24) is 0 Å². The fourth-order valence-electron chi connectivity index (χ4n) is 4.07. The number of rotatable bonds is 7. The van der Waals surface area contributed by atoms with Gasteiger partial charge in [0.1, 0.15) is 5.82 Å². The van der Waals surface area contributed by atoms with Gasteiger partial charge in [-0.2, -0.15) is 0 Å². The molecule has 1 aliphatic carbocycles. The Morgan fingerprint density at radius 1 is 1.03 bits per heavy atom. The Balaban J connectivity index is 1.71. The molecule has 0 saturated heterocycles. The Morgan fingerprint density at radius 2 is 1.83 bits per heavy atom. The van der Waals surface area contributed by atoms with E-state index in [0.29, 0.717) is 24.0 Å². The highest BCUT2D eigenvalue weighted by molar-refractivity contribution is 5.41. The molecule has 158 valence electrons. The van der Waals surface area contributed by atoms with Gasteiger partial charge in [0.2, 0.25) is 0 Å². The minimum Gasteiger partial charge on any atom is -0.403 e. The topological polar surface area (TPSA) is 9.23 Å². The Hall–Kier alpha value is -2.11. The van der Waals surface area contributed by atoms with Crippen LogP contribution in [0.25, 0.3) is 0 Å². The van der Waals surface area contributed by atoms with Gasteiger partial charge in [0.05, 0.1) is 0 Å². The summed E-state index contributed by atoms with van der Waals surface area (Å²) in [4.78, 5) is 0. The molecule has 1 nitrogen and oxygen atoms in total. The van der Waals surface area contributed by atoms with E-state index in [1.807, 2.05) is 6.07 Å². The quantitative estimate of drug-likeness (QED) is 0.344. The zero-order valence-corrected chi connectivity index (χ0v) is 16.4. The lowest BCUT2D eigenvalue weighted by Crippen LogP contribution is -2.20. The van der Waals surface area contributed by atoms with Gasteiger partial charge in [-0.05, 0) is 72.4 Å². The highest BCUT2D eigenvalue weighted by Gasteiger charge is 2.34. The third kappa shape index (κ3) is 5.49. The summed E-state index contributed by atoms with van der Waals surface area (Å²) in [6.07, 6.45) is 1.52. The van der Waals surface area contributed by atoms with Crippen LogP contribution in [0.1, 0.15) is 67.2 Å². The Morgan fingerprint density at radius 3 is 2.52 bits per heavy atom. The van der Waals surface area contributed by atoms with Crippen LogP contribution in [-0.4, -0.2) is 6.36 Å². The van der Waals surface area contributed by atoms with Crippen molar-refractivity contribution in [2.24, 2.45) is 0 Å². The van der Waals surface area contributed by atoms with E-state index < -0.39 is 17.9 Å². The fourth-order valence-corrected chi connectivity index (χ4v) is 4.07. The van der Waals surface area contributed by atoms with Gasteiger partial charge in [0, 0.05) is 0 Å². The van der Waals surface area contributed by atoms with Gasteiger partial charge in [-0.25, -0.2) is 8.78 Å². The van der Waals surface area contributed by atoms with Gasteiger partial charge in [0.15, 0.2) is 11.6 Å². The Labute approximate surface area is 167 Å². The number of halogens is 5. The number of hydrogen-bond donors (Lipinski definition) is 0. The third-order valence-corrected chi connectivity index (χ3v) is 5.56. The van der Waals surface area contributed by atoms with E-state index in [2.05, 4.69) is 11.7 Å². The van der Waals surface area contributed by atoms with E-state index in [1.54, 1.807) is 12.1 Å². The summed E-state index contributed by atoms with van der Waals surface area (Å²) in [5, 5.41) is 0. The summed E-state index contributed by atoms with van der Waals surface area (Å²) in [7, 11) is 0. The van der Waals surface area contributed by atoms with E-state index in [4.69, 9.17) is 0 Å². The van der Waals surface area contributed by atoms with Crippen LogP contribution in [-0.2, 0) is 19.3 Å². The molecule has 0 heterocycles. The normalized spacial score (nSPS) is 16.6. The largest absolute Gasteiger partial charge is 0.573 e. The van der Waals surface area contributed by atoms with Crippen molar-refractivity contribution in [3.05, 3.63) is 64.2 Å². The number of hydrogen-bond acceptors (Lipinski definition) is 1. The van der Waals surface area contributed by atoms with E-state index >= 15 is 0 Å². The molecule has 2 aromatic carbocycles. The second kappa shape index (κ2) is 9.14. The molecule has 0 aromatic heterocycles. The van der Waals surface area contributed by atoms with Crippen molar-refractivity contribution in [2.75, 3.05) is 0 Å². The second-order valence-corrected chi connectivity index (χ2v) is 7.67. The minimum atomic E-state index is -4.94. The molecule has 1 unspecified atom stereocenters. The first kappa shape index (κ1) is 21.6. The molecule has 29 heavy (non-hydrogen) atoms. The van der Waals surface area contributed by atoms with Gasteiger partial charge < -0.3 is 4.74 Å². The molecule has 0 fully saturated rings. The zero-order valence-electron chi connectivity index (χ0n) is 16.4. The lowest BCUT2D eigenvalue weighted by molar-refractivity contribution is -0.275. The van der Waals surface area contributed by atoms with E-state index in [0.717, 1.165) is 37.3 Å². The van der Waals surface area contributed by atoms with Crippen LogP contribution in [0.3, 0.4) is 0 Å². The Bertz CT molecular complexity index is 844. The van der Waals surface area contributed by atoms with Crippen LogP contribution in [0.4, 0.5) is 22.0 Å². The molecule has 0 N–H and O–H groups in total. The van der Waals surface area contributed by atoms with Crippen molar-refractivity contribution < 1.29 is 26.7 Å². The standard InChI is InChI=1S/C23H25F5O/c1-2-3-4-5-6-15-7-10-18(20(24)13-15)16-8-11-19-17(14-16)9-12-21(22(19)25)29-23(26,27)28/h7,9-10,12-13,16H,2-6,8,11,14H2,1H3. The van der Waals surface area contributed by atoms with Crippen LogP contribution in [0.15, 0.2) is 30.3 Å². The first-order chi connectivity index (χ1) is 13.8. The van der Waals surface area contributed by atoms with Gasteiger partial charge in [-0.3, -0.25) is 0 Å². The number of benzene rings is 2. The maximum atomic E-state index is 14.7. The lowest BCUT2D eigenvalue weighted by atomic mass is 9.79. The van der Waals surface area contributed by atoms with Crippen molar-refractivity contribution in [1.29, 1.82) is 0 Å². The van der Waals surface area contributed by atoms with Crippen LogP contribution >= 0.6 is 0 Å². The summed E-state index contributed by atoms with van der Waals surface area (Å²) < 4.78 is 70.1. The number of ether oxygens (including phenoxy) is 1. The SMILES string of the molecule is CCCCCCc1ccc(C2CCc3c(ccc(OC(F)(F)F)c3F)C2)c(F)c1. The van der Waals surface area contributed by atoms with E-state index in [-0.39, 0.29) is 23.7 Å². The average molecular weight is 412 g/mol. The Kier molecular flexibility index (Phi) is 6.81. The summed E-state index contributed by atoms with van der Waals surface area (Å²) in [5.41, 5.74) is 2.40. The molecule has 1 aliphatic rings. The molecular weight excluding hydrogens is 387 g/mol. The lowest BCUT2D eigenvalue weighted by Gasteiger charge is -2.26. The number of alkyl halides is 3. The molecule has 0 spiro atoms. The number of aryl methyl sites for hydroxylation is 1. The van der Waals surface area contributed by atoms with Crippen molar-refractivity contribution in [2.45, 2.75) is 70.6 Å². The maximum absolute atomic E-state index is 14.7. The van der Waals surface area contributed by atoms with Crippen LogP contribution in [0.2, 0.25) is 0 Å². The van der Waals surface area contributed by atoms with Crippen LogP contribution in [0, 0.1) is 11.6 Å². The molecule has 0 aliphatic heterocycles. The molecule has 0 bridgehead atoms. The smallest absolute Gasteiger partial charge is 0.403 e. The van der Waals surface area contributed by atoms with Gasteiger partial charge in [-0.1, -0.05) is 44.4 Å². The zero-order chi connectivity index (χ0) is 21.0. The van der Waals surface area contributed by atoms with E-state index in [1.165, 1.54) is 12.5 Å². The molecular formula is C23H25F5O. The third-order valence-electron chi connectivity index (χ3n) is 5.56. The molecule has 1 atom stereocenters. The number of unbranched alkanes of at least 4 members (excludes halogenated alkanes) is 3. The molecule has 0 amide bonds. The van der Waals surface area contributed by atoms with Crippen LogP contribution in [0.5, 0.6) is 5.75 Å². The van der Waals surface area contributed by atoms with Crippen molar-refractivity contribution in [3.8, 4) is 5.75 Å². The average Bonchev–Trinajstić information content (AvgIpc) is 2.66. The van der Waals surface area contributed by atoms with Crippen LogP contribution < -0.4 is 4.74 Å². The molecule has 0 radical (unpaired) electrons. The van der Waals surface area contributed by atoms with Crippen molar-refractivity contribution >= 4 is 0 Å².